The number of hydrogen-bond donors (Lipinski definition) is 1. The van der Waals surface area contributed by atoms with E-state index in [4.69, 9.17) is 0 Å². The fraction of sp³-hybridized carbons (Fsp3) is 0.212. The lowest BCUT2D eigenvalue weighted by Crippen LogP contribution is -2.22. The normalized spacial score (nSPS) is 12.4. The van der Waals surface area contributed by atoms with Crippen molar-refractivity contribution in [1.29, 1.82) is 0 Å². The minimum Gasteiger partial charge on any atom is -0.406 e. The number of hydrogen-bond acceptors (Lipinski definition) is 5. The second-order valence-electron chi connectivity index (χ2n) is 10.4. The third-order valence-corrected chi connectivity index (χ3v) is 7.86. The predicted molar refractivity (Wildman–Crippen MR) is 168 cm³/mol. The first-order valence-corrected chi connectivity index (χ1v) is 15.1. The second kappa shape index (κ2) is 13.3. The van der Waals surface area contributed by atoms with E-state index in [9.17, 15) is 18.0 Å². The van der Waals surface area contributed by atoms with E-state index >= 15 is 0 Å². The first-order chi connectivity index (χ1) is 21.5. The SMILES string of the molecule is CCCc1ccc(C)cc1-n1c(C)cs/c1=N\C(=O)N/C=C(\C)c1ccc(-c2ncn(-c3ccc(OC(F)(F)F)cc3)n2)cc1. The van der Waals surface area contributed by atoms with Crippen LogP contribution < -0.4 is 14.9 Å². The minimum atomic E-state index is -4.75. The molecule has 5 aromatic rings. The number of aromatic nitrogens is 4. The van der Waals surface area contributed by atoms with Crippen LogP contribution in [0.2, 0.25) is 0 Å². The summed E-state index contributed by atoms with van der Waals surface area (Å²) >= 11 is 1.42. The van der Waals surface area contributed by atoms with Crippen LogP contribution in [0.5, 0.6) is 5.75 Å². The number of benzene rings is 3. The number of amides is 2. The summed E-state index contributed by atoms with van der Waals surface area (Å²) in [5.74, 6) is 0.130. The van der Waals surface area contributed by atoms with Gasteiger partial charge in [0.2, 0.25) is 0 Å². The van der Waals surface area contributed by atoms with Crippen molar-refractivity contribution in [2.45, 2.75) is 46.9 Å². The van der Waals surface area contributed by atoms with Gasteiger partial charge in [-0.2, -0.15) is 4.99 Å². The number of aryl methyl sites for hydroxylation is 3. The Labute approximate surface area is 262 Å². The van der Waals surface area contributed by atoms with Crippen LogP contribution in [-0.2, 0) is 6.42 Å². The monoisotopic (exact) mass is 632 g/mol. The third-order valence-electron chi connectivity index (χ3n) is 6.91. The van der Waals surface area contributed by atoms with Crippen LogP contribution in [0.15, 0.2) is 89.6 Å². The Hall–Kier alpha value is -4.97. The maximum absolute atomic E-state index is 12.9. The Morgan fingerprint density at radius 2 is 1.80 bits per heavy atom. The lowest BCUT2D eigenvalue weighted by molar-refractivity contribution is -0.274. The minimum absolute atomic E-state index is 0.316. The number of halogens is 3. The van der Waals surface area contributed by atoms with Gasteiger partial charge in [-0.15, -0.1) is 29.6 Å². The van der Waals surface area contributed by atoms with Gasteiger partial charge in [0.1, 0.15) is 12.1 Å². The number of alkyl halides is 3. The first kappa shape index (κ1) is 31.5. The predicted octanol–water partition coefficient (Wildman–Crippen LogP) is 7.93. The van der Waals surface area contributed by atoms with Crippen molar-refractivity contribution in [3.8, 4) is 28.5 Å². The number of nitrogens with zero attached hydrogens (tertiary/aromatic N) is 5. The molecule has 2 heterocycles. The number of nitrogens with one attached hydrogen (secondary N) is 1. The molecule has 0 aliphatic heterocycles. The molecular weight excluding hydrogens is 601 g/mol. The molecule has 3 aromatic carbocycles. The molecule has 45 heavy (non-hydrogen) atoms. The lowest BCUT2D eigenvalue weighted by Gasteiger charge is -2.13. The van der Waals surface area contributed by atoms with E-state index in [0.717, 1.165) is 46.5 Å². The van der Waals surface area contributed by atoms with Gasteiger partial charge in [0.05, 0.1) is 11.4 Å². The molecule has 0 aliphatic carbocycles. The highest BCUT2D eigenvalue weighted by atomic mass is 32.1. The highest BCUT2D eigenvalue weighted by Crippen LogP contribution is 2.25. The number of ether oxygens (including phenoxy) is 1. The largest absolute Gasteiger partial charge is 0.573 e. The van der Waals surface area contributed by atoms with Crippen molar-refractivity contribution in [2.24, 2.45) is 4.99 Å². The van der Waals surface area contributed by atoms with E-state index in [2.05, 4.69) is 57.2 Å². The fourth-order valence-electron chi connectivity index (χ4n) is 4.70. The summed E-state index contributed by atoms with van der Waals surface area (Å²) in [6.07, 6.45) is 0.296. The molecule has 5 rings (SSSR count). The Morgan fingerprint density at radius 1 is 1.07 bits per heavy atom. The van der Waals surface area contributed by atoms with E-state index in [1.54, 1.807) is 6.20 Å². The molecule has 0 radical (unpaired) electrons. The molecule has 0 aliphatic rings. The lowest BCUT2D eigenvalue weighted by atomic mass is 10.1. The maximum atomic E-state index is 12.9. The second-order valence-corrected chi connectivity index (χ2v) is 11.2. The van der Waals surface area contributed by atoms with Crippen molar-refractivity contribution in [1.82, 2.24) is 24.6 Å². The number of rotatable bonds is 8. The molecular formula is C33H31F3N6O2S. The van der Waals surface area contributed by atoms with Gasteiger partial charge in [-0.05, 0) is 79.8 Å². The first-order valence-electron chi connectivity index (χ1n) is 14.2. The summed E-state index contributed by atoms with van der Waals surface area (Å²) in [6.45, 7) is 8.09. The number of carbonyl (C=O) groups excluding carboxylic acids is 1. The molecule has 0 unspecified atom stereocenters. The van der Waals surface area contributed by atoms with Crippen molar-refractivity contribution in [3.63, 3.8) is 0 Å². The Morgan fingerprint density at radius 3 is 2.49 bits per heavy atom. The zero-order valence-electron chi connectivity index (χ0n) is 25.1. The van der Waals surface area contributed by atoms with E-state index in [-0.39, 0.29) is 5.75 Å². The molecule has 12 heteroatoms. The molecule has 8 nitrogen and oxygen atoms in total. The van der Waals surface area contributed by atoms with Crippen LogP contribution in [0.25, 0.3) is 28.3 Å². The van der Waals surface area contributed by atoms with E-state index in [1.807, 2.05) is 48.1 Å². The van der Waals surface area contributed by atoms with E-state index < -0.39 is 12.4 Å². The van der Waals surface area contributed by atoms with Gasteiger partial charge in [0.25, 0.3) is 0 Å². The quantitative estimate of drug-likeness (QED) is 0.188. The zero-order chi connectivity index (χ0) is 32.1. The Balaban J connectivity index is 1.27. The van der Waals surface area contributed by atoms with Gasteiger partial charge in [-0.1, -0.05) is 49.7 Å². The maximum Gasteiger partial charge on any atom is 0.573 e. The van der Waals surface area contributed by atoms with Gasteiger partial charge in [0, 0.05) is 22.8 Å². The van der Waals surface area contributed by atoms with Crippen LogP contribution in [0.4, 0.5) is 18.0 Å². The van der Waals surface area contributed by atoms with Crippen LogP contribution >= 0.6 is 11.3 Å². The van der Waals surface area contributed by atoms with Crippen LogP contribution in [0.3, 0.4) is 0 Å². The molecule has 0 spiro atoms. The van der Waals surface area contributed by atoms with Gasteiger partial charge >= 0.3 is 12.4 Å². The summed E-state index contributed by atoms with van der Waals surface area (Å²) in [4.78, 5) is 22.1. The van der Waals surface area contributed by atoms with Crippen LogP contribution in [0.1, 0.15) is 42.7 Å². The van der Waals surface area contributed by atoms with Gasteiger partial charge < -0.3 is 10.1 Å². The summed E-state index contributed by atoms with van der Waals surface area (Å²) in [7, 11) is 0. The Kier molecular flexibility index (Phi) is 9.33. The van der Waals surface area contributed by atoms with E-state index in [1.165, 1.54) is 52.2 Å². The average molecular weight is 633 g/mol. The van der Waals surface area contributed by atoms with Crippen molar-refractivity contribution in [2.75, 3.05) is 0 Å². The number of carbonyl (C=O) groups is 1. The van der Waals surface area contributed by atoms with Crippen LogP contribution in [0, 0.1) is 13.8 Å². The molecule has 2 amide bonds. The van der Waals surface area contributed by atoms with Gasteiger partial charge in [-0.25, -0.2) is 14.5 Å². The highest BCUT2D eigenvalue weighted by molar-refractivity contribution is 7.07. The highest BCUT2D eigenvalue weighted by Gasteiger charge is 2.31. The smallest absolute Gasteiger partial charge is 0.406 e. The zero-order valence-corrected chi connectivity index (χ0v) is 25.9. The van der Waals surface area contributed by atoms with Crippen molar-refractivity contribution in [3.05, 3.63) is 112 Å². The van der Waals surface area contributed by atoms with E-state index in [0.29, 0.717) is 16.3 Å². The topological polar surface area (TPSA) is 86.3 Å². The molecule has 0 fully saturated rings. The Bertz CT molecular complexity index is 1900. The fourth-order valence-corrected chi connectivity index (χ4v) is 5.57. The summed E-state index contributed by atoms with van der Waals surface area (Å²) in [6, 6.07) is 18.7. The average Bonchev–Trinajstić information content (AvgIpc) is 3.64. The van der Waals surface area contributed by atoms with Crippen LogP contribution in [-0.4, -0.2) is 31.7 Å². The standard InChI is InChI=1S/C33H31F3N6O2S/c1-5-6-25-8-7-21(2)17-29(25)42-23(4)19-45-32(42)39-31(43)37-18-22(3)24-9-11-26(12-10-24)30-38-20-41(40-30)27-13-15-28(16-14-27)44-33(34,35)36/h7-20H,5-6H2,1-4H3,(H,37,43)/b22-18+,39-32-. The summed E-state index contributed by atoms with van der Waals surface area (Å²) in [5.41, 5.74) is 7.38. The molecule has 1 N–H and O–H groups in total. The molecule has 0 atom stereocenters. The number of allylic oxidation sites excluding steroid dienone is 1. The molecule has 2 aromatic heterocycles. The van der Waals surface area contributed by atoms with Gasteiger partial charge in [0.15, 0.2) is 10.6 Å². The molecule has 0 bridgehead atoms. The van der Waals surface area contributed by atoms with Gasteiger partial charge in [-0.3, -0.25) is 4.57 Å². The number of urea groups is 1. The van der Waals surface area contributed by atoms with Crippen molar-refractivity contribution >= 4 is 22.9 Å². The molecule has 0 saturated heterocycles. The van der Waals surface area contributed by atoms with Crippen molar-refractivity contribution < 1.29 is 22.7 Å². The molecule has 0 saturated carbocycles. The summed E-state index contributed by atoms with van der Waals surface area (Å²) < 4.78 is 44.7. The molecule has 232 valence electrons. The third kappa shape index (κ3) is 7.76. The summed E-state index contributed by atoms with van der Waals surface area (Å²) in [5, 5.41) is 9.21. The number of thiazole rings is 1.